The van der Waals surface area contributed by atoms with E-state index in [1.54, 1.807) is 17.9 Å². The zero-order valence-electron chi connectivity index (χ0n) is 12.2. The number of aliphatic hydroxyl groups is 1. The maximum atomic E-state index is 12.8. The molecule has 0 amide bonds. The summed E-state index contributed by atoms with van der Waals surface area (Å²) < 4.78 is 29.1. The lowest BCUT2D eigenvalue weighted by atomic mass is 9.92. The first kappa shape index (κ1) is 17.2. The molecular weight excluding hydrogens is 381 g/mol. The van der Waals surface area contributed by atoms with Crippen LogP contribution in [0.5, 0.6) is 0 Å². The Morgan fingerprint density at radius 3 is 2.70 bits per heavy atom. The molecule has 1 fully saturated rings. The molecule has 126 valence electrons. The lowest BCUT2D eigenvalue weighted by Crippen LogP contribution is -2.29. The highest BCUT2D eigenvalue weighted by Gasteiger charge is 2.41. The molecule has 1 aliphatic heterocycles. The monoisotopic (exact) mass is 395 g/mol. The van der Waals surface area contributed by atoms with E-state index in [9.17, 15) is 13.5 Å². The number of aliphatic hydroxyl groups excluding tert-OH is 1. The van der Waals surface area contributed by atoms with Crippen LogP contribution >= 0.6 is 34.5 Å². The Morgan fingerprint density at radius 2 is 2.17 bits per heavy atom. The van der Waals surface area contributed by atoms with Gasteiger partial charge in [-0.05, 0) is 11.6 Å². The largest absolute Gasteiger partial charge is 0.396 e. The van der Waals surface area contributed by atoms with Crippen molar-refractivity contribution in [3.8, 4) is 0 Å². The predicted octanol–water partition coefficient (Wildman–Crippen LogP) is 2.19. The maximum Gasteiger partial charge on any atom is 0.245 e. The van der Waals surface area contributed by atoms with Gasteiger partial charge in [0, 0.05) is 44.8 Å². The number of aromatic nitrogens is 2. The SMILES string of the molecule is Cn1cc([C@@H]2CN(S(=O)(=O)c3cc(Cl)sc3Cl)C[C@H]2CO)cn1. The van der Waals surface area contributed by atoms with E-state index in [0.717, 1.165) is 16.9 Å². The minimum atomic E-state index is -3.74. The topological polar surface area (TPSA) is 75.4 Å². The summed E-state index contributed by atoms with van der Waals surface area (Å²) >= 11 is 12.9. The van der Waals surface area contributed by atoms with Gasteiger partial charge in [0.2, 0.25) is 10.0 Å². The Morgan fingerprint density at radius 1 is 1.43 bits per heavy atom. The molecule has 0 aliphatic carbocycles. The molecule has 0 bridgehead atoms. The van der Waals surface area contributed by atoms with E-state index in [1.165, 1.54) is 10.4 Å². The van der Waals surface area contributed by atoms with Crippen molar-refractivity contribution in [2.45, 2.75) is 10.8 Å². The van der Waals surface area contributed by atoms with Crippen molar-refractivity contribution >= 4 is 44.6 Å². The molecule has 6 nitrogen and oxygen atoms in total. The number of thiophene rings is 1. The summed E-state index contributed by atoms with van der Waals surface area (Å²) in [7, 11) is -1.94. The van der Waals surface area contributed by atoms with Gasteiger partial charge < -0.3 is 5.11 Å². The van der Waals surface area contributed by atoms with Crippen LogP contribution in [0.1, 0.15) is 11.5 Å². The van der Waals surface area contributed by atoms with Crippen molar-refractivity contribution in [3.63, 3.8) is 0 Å². The lowest BCUT2D eigenvalue weighted by Gasteiger charge is -2.15. The molecule has 2 atom stereocenters. The van der Waals surface area contributed by atoms with Crippen LogP contribution in [0.2, 0.25) is 8.67 Å². The van der Waals surface area contributed by atoms with Gasteiger partial charge in [0.1, 0.15) is 9.23 Å². The van der Waals surface area contributed by atoms with Gasteiger partial charge in [-0.25, -0.2) is 8.42 Å². The molecule has 10 heteroatoms. The second-order valence-electron chi connectivity index (χ2n) is 5.51. The molecule has 1 aliphatic rings. The van der Waals surface area contributed by atoms with Gasteiger partial charge in [-0.1, -0.05) is 23.2 Å². The van der Waals surface area contributed by atoms with E-state index >= 15 is 0 Å². The van der Waals surface area contributed by atoms with Gasteiger partial charge in [0.25, 0.3) is 0 Å². The first-order chi connectivity index (χ1) is 10.8. The van der Waals surface area contributed by atoms with Crippen molar-refractivity contribution in [2.75, 3.05) is 19.7 Å². The Kier molecular flexibility index (Phi) is 4.74. The quantitative estimate of drug-likeness (QED) is 0.860. The van der Waals surface area contributed by atoms with Gasteiger partial charge in [-0.2, -0.15) is 9.40 Å². The molecule has 0 saturated carbocycles. The molecule has 2 aromatic rings. The zero-order chi connectivity index (χ0) is 16.8. The summed E-state index contributed by atoms with van der Waals surface area (Å²) in [5.74, 6) is -0.279. The molecule has 23 heavy (non-hydrogen) atoms. The zero-order valence-corrected chi connectivity index (χ0v) is 15.3. The Hall–Kier alpha value is -0.640. The number of halogens is 2. The van der Waals surface area contributed by atoms with Crippen LogP contribution in [0.3, 0.4) is 0 Å². The third-order valence-electron chi connectivity index (χ3n) is 4.04. The van der Waals surface area contributed by atoms with Crippen molar-refractivity contribution in [1.82, 2.24) is 14.1 Å². The number of rotatable bonds is 4. The van der Waals surface area contributed by atoms with E-state index in [1.807, 2.05) is 6.20 Å². The van der Waals surface area contributed by atoms with E-state index in [0.29, 0.717) is 4.34 Å². The minimum Gasteiger partial charge on any atom is -0.396 e. The van der Waals surface area contributed by atoms with Crippen LogP contribution < -0.4 is 0 Å². The maximum absolute atomic E-state index is 12.8. The van der Waals surface area contributed by atoms with E-state index < -0.39 is 10.0 Å². The molecule has 1 N–H and O–H groups in total. The van der Waals surface area contributed by atoms with Crippen LogP contribution in [0.25, 0.3) is 0 Å². The highest BCUT2D eigenvalue weighted by Crippen LogP contribution is 2.40. The second kappa shape index (κ2) is 6.34. The Labute approximate surface area is 148 Å². The van der Waals surface area contributed by atoms with Gasteiger partial charge in [-0.15, -0.1) is 11.3 Å². The van der Waals surface area contributed by atoms with Gasteiger partial charge >= 0.3 is 0 Å². The van der Waals surface area contributed by atoms with Crippen LogP contribution in [-0.2, 0) is 17.1 Å². The van der Waals surface area contributed by atoms with Gasteiger partial charge in [0.15, 0.2) is 0 Å². The number of hydrogen-bond donors (Lipinski definition) is 1. The molecule has 2 aromatic heterocycles. The van der Waals surface area contributed by atoms with Crippen molar-refractivity contribution < 1.29 is 13.5 Å². The summed E-state index contributed by atoms with van der Waals surface area (Å²) in [5.41, 5.74) is 0.915. The van der Waals surface area contributed by atoms with E-state index in [-0.39, 0.29) is 40.8 Å². The summed E-state index contributed by atoms with van der Waals surface area (Å²) in [6.07, 6.45) is 3.55. The summed E-state index contributed by atoms with van der Waals surface area (Å²) in [5, 5.41) is 13.7. The third-order valence-corrected chi connectivity index (χ3v) is 7.62. The third kappa shape index (κ3) is 3.16. The Balaban J connectivity index is 1.91. The lowest BCUT2D eigenvalue weighted by molar-refractivity contribution is 0.223. The fraction of sp³-hybridized carbons (Fsp3) is 0.462. The molecule has 3 heterocycles. The number of hydrogen-bond acceptors (Lipinski definition) is 5. The second-order valence-corrected chi connectivity index (χ2v) is 9.70. The van der Waals surface area contributed by atoms with Crippen molar-refractivity contribution in [1.29, 1.82) is 0 Å². The molecule has 0 unspecified atom stereocenters. The predicted molar refractivity (Wildman–Crippen MR) is 89.6 cm³/mol. The number of nitrogens with zero attached hydrogens (tertiary/aromatic N) is 3. The number of sulfonamides is 1. The average molecular weight is 396 g/mol. The highest BCUT2D eigenvalue weighted by molar-refractivity contribution is 7.89. The molecule has 0 aromatic carbocycles. The normalized spacial score (nSPS) is 22.8. The minimum absolute atomic E-state index is 0.0256. The molecule has 1 saturated heterocycles. The highest BCUT2D eigenvalue weighted by atomic mass is 35.5. The fourth-order valence-electron chi connectivity index (χ4n) is 2.86. The number of aryl methyl sites for hydroxylation is 1. The van der Waals surface area contributed by atoms with Gasteiger partial charge in [-0.3, -0.25) is 4.68 Å². The van der Waals surface area contributed by atoms with Crippen LogP contribution in [0, 0.1) is 5.92 Å². The van der Waals surface area contributed by atoms with Crippen LogP contribution in [-0.4, -0.2) is 47.3 Å². The molecular formula is C13H15Cl2N3O3S2. The first-order valence-corrected chi connectivity index (χ1v) is 9.88. The fourth-order valence-corrected chi connectivity index (χ4v) is 6.50. The molecule has 3 rings (SSSR count). The van der Waals surface area contributed by atoms with E-state index in [4.69, 9.17) is 23.2 Å². The molecule has 0 radical (unpaired) electrons. The van der Waals surface area contributed by atoms with Gasteiger partial charge in [0.05, 0.1) is 10.5 Å². The summed E-state index contributed by atoms with van der Waals surface area (Å²) in [4.78, 5) is 0.0256. The smallest absolute Gasteiger partial charge is 0.245 e. The van der Waals surface area contributed by atoms with Crippen LogP contribution in [0.15, 0.2) is 23.4 Å². The first-order valence-electron chi connectivity index (χ1n) is 6.87. The van der Waals surface area contributed by atoms with E-state index in [2.05, 4.69) is 5.10 Å². The Bertz CT molecular complexity index is 818. The molecule has 0 spiro atoms. The summed E-state index contributed by atoms with van der Waals surface area (Å²) in [6, 6.07) is 1.37. The average Bonchev–Trinajstić information content (AvgIpc) is 3.16. The van der Waals surface area contributed by atoms with Crippen molar-refractivity contribution in [2.24, 2.45) is 13.0 Å². The van der Waals surface area contributed by atoms with Crippen LogP contribution in [0.4, 0.5) is 0 Å². The standard InChI is InChI=1S/C13H15Cl2N3O3S2/c1-17-4-8(3-16-17)10-6-18(5-9(10)7-19)23(20,21)11-2-12(14)22-13(11)15/h2-4,9-10,19H,5-7H2,1H3/t9-,10-/m0/s1. The summed E-state index contributed by atoms with van der Waals surface area (Å²) in [6.45, 7) is 0.426. The van der Waals surface area contributed by atoms with Crippen molar-refractivity contribution in [3.05, 3.63) is 32.7 Å².